The molecule has 2 atom stereocenters. The van der Waals surface area contributed by atoms with Crippen LogP contribution in [0.25, 0.3) is 0 Å². The molecule has 2 heterocycles. The molecule has 0 spiro atoms. The Balaban J connectivity index is 1.67. The number of rotatable bonds is 3. The van der Waals surface area contributed by atoms with Gasteiger partial charge in [0.15, 0.2) is 0 Å². The van der Waals surface area contributed by atoms with Crippen LogP contribution in [0.4, 0.5) is 8.78 Å². The minimum absolute atomic E-state index is 0.0498. The number of nitrogens with one attached hydrogen (secondary N) is 3. The van der Waals surface area contributed by atoms with E-state index in [-0.39, 0.29) is 11.3 Å². The maximum atomic E-state index is 13.7. The highest BCUT2D eigenvalue weighted by molar-refractivity contribution is 5.92. The molecule has 3 N–H and O–H groups in total. The summed E-state index contributed by atoms with van der Waals surface area (Å²) in [5.74, 6) is -1.66. The van der Waals surface area contributed by atoms with Gasteiger partial charge in [0, 0.05) is 24.4 Å². The van der Waals surface area contributed by atoms with Gasteiger partial charge < -0.3 is 5.32 Å². The van der Waals surface area contributed by atoms with E-state index in [0.29, 0.717) is 6.42 Å². The lowest BCUT2D eigenvalue weighted by Gasteiger charge is -2.12. The lowest BCUT2D eigenvalue weighted by molar-refractivity contribution is 0.0927. The standard InChI is InChI=1S/C14H13F2N5O/c15-8-2-1-3-9(16)13(8)10-6-12(21-20-10)19-14(22)11-7-17-4-5-18-11/h1-5,7,10,12,20-21H,6H2,(H,19,22). The summed E-state index contributed by atoms with van der Waals surface area (Å²) in [7, 11) is 0. The fourth-order valence-corrected chi connectivity index (χ4v) is 2.33. The van der Waals surface area contributed by atoms with Crippen LogP contribution in [-0.2, 0) is 0 Å². The van der Waals surface area contributed by atoms with Crippen LogP contribution in [0.5, 0.6) is 0 Å². The lowest BCUT2D eigenvalue weighted by atomic mass is 10.0. The average Bonchev–Trinajstić information content (AvgIpc) is 2.96. The van der Waals surface area contributed by atoms with Gasteiger partial charge in [0.1, 0.15) is 17.3 Å². The number of hydrogen-bond donors (Lipinski definition) is 3. The van der Waals surface area contributed by atoms with Crippen LogP contribution in [0.2, 0.25) is 0 Å². The summed E-state index contributed by atoms with van der Waals surface area (Å²) in [5, 5.41) is 2.67. The number of carbonyl (C=O) groups excluding carboxylic acids is 1. The van der Waals surface area contributed by atoms with Gasteiger partial charge >= 0.3 is 0 Å². The zero-order valence-corrected chi connectivity index (χ0v) is 11.4. The second-order valence-electron chi connectivity index (χ2n) is 4.83. The topological polar surface area (TPSA) is 78.9 Å². The van der Waals surface area contributed by atoms with Crippen molar-refractivity contribution in [1.29, 1.82) is 0 Å². The first-order valence-corrected chi connectivity index (χ1v) is 6.67. The molecule has 8 heteroatoms. The van der Waals surface area contributed by atoms with Crippen molar-refractivity contribution < 1.29 is 13.6 Å². The Kier molecular flexibility index (Phi) is 4.03. The van der Waals surface area contributed by atoms with Crippen molar-refractivity contribution in [3.05, 3.63) is 59.7 Å². The first-order valence-electron chi connectivity index (χ1n) is 6.67. The van der Waals surface area contributed by atoms with Crippen LogP contribution < -0.4 is 16.2 Å². The van der Waals surface area contributed by atoms with Gasteiger partial charge in [-0.25, -0.2) is 24.6 Å². The number of nitrogens with zero attached hydrogens (tertiary/aromatic N) is 2. The van der Waals surface area contributed by atoms with Gasteiger partial charge in [-0.2, -0.15) is 0 Å². The SMILES string of the molecule is O=C(NC1CC(c2c(F)cccc2F)NN1)c1cnccn1. The molecule has 1 amide bonds. The molecule has 1 aliphatic heterocycles. The fourth-order valence-electron chi connectivity index (χ4n) is 2.33. The molecule has 3 rings (SSSR count). The third-order valence-electron chi connectivity index (χ3n) is 3.35. The molecule has 6 nitrogen and oxygen atoms in total. The van der Waals surface area contributed by atoms with Crippen LogP contribution in [0.1, 0.15) is 28.5 Å². The fraction of sp³-hybridized carbons (Fsp3) is 0.214. The number of halogens is 2. The van der Waals surface area contributed by atoms with Gasteiger partial charge in [0.2, 0.25) is 0 Å². The van der Waals surface area contributed by atoms with Crippen molar-refractivity contribution >= 4 is 5.91 Å². The summed E-state index contributed by atoms with van der Waals surface area (Å²) >= 11 is 0. The van der Waals surface area contributed by atoms with E-state index in [1.807, 2.05) is 0 Å². The Morgan fingerprint density at radius 3 is 2.68 bits per heavy atom. The Bertz CT molecular complexity index is 662. The Labute approximate surface area is 124 Å². The van der Waals surface area contributed by atoms with Gasteiger partial charge in [-0.1, -0.05) is 6.07 Å². The third kappa shape index (κ3) is 2.92. The van der Waals surface area contributed by atoms with Gasteiger partial charge in [0.05, 0.1) is 18.4 Å². The maximum absolute atomic E-state index is 13.7. The van der Waals surface area contributed by atoms with Gasteiger partial charge in [-0.3, -0.25) is 9.78 Å². The molecule has 2 unspecified atom stereocenters. The van der Waals surface area contributed by atoms with Gasteiger partial charge in [0.25, 0.3) is 5.91 Å². The van der Waals surface area contributed by atoms with E-state index in [4.69, 9.17) is 0 Å². The largest absolute Gasteiger partial charge is 0.334 e. The van der Waals surface area contributed by atoms with Crippen LogP contribution in [0, 0.1) is 11.6 Å². The second kappa shape index (κ2) is 6.12. The van der Waals surface area contributed by atoms with Crippen molar-refractivity contribution in [2.45, 2.75) is 18.6 Å². The third-order valence-corrected chi connectivity index (χ3v) is 3.35. The first kappa shape index (κ1) is 14.5. The van der Waals surface area contributed by atoms with E-state index in [1.54, 1.807) is 0 Å². The number of hydrogen-bond acceptors (Lipinski definition) is 5. The van der Waals surface area contributed by atoms with E-state index in [0.717, 1.165) is 0 Å². The van der Waals surface area contributed by atoms with E-state index in [1.165, 1.54) is 36.8 Å². The number of aromatic nitrogens is 2. The number of benzene rings is 1. The minimum Gasteiger partial charge on any atom is -0.334 e. The summed E-state index contributed by atoms with van der Waals surface area (Å²) in [6.07, 6.45) is 4.03. The number of hydrazine groups is 1. The predicted molar refractivity (Wildman–Crippen MR) is 73.3 cm³/mol. The summed E-state index contributed by atoms with van der Waals surface area (Å²) in [4.78, 5) is 19.6. The molecule has 0 radical (unpaired) electrons. The van der Waals surface area contributed by atoms with E-state index >= 15 is 0 Å². The van der Waals surface area contributed by atoms with Crippen molar-refractivity contribution in [2.24, 2.45) is 0 Å². The highest BCUT2D eigenvalue weighted by Crippen LogP contribution is 2.26. The van der Waals surface area contributed by atoms with E-state index in [9.17, 15) is 13.6 Å². The van der Waals surface area contributed by atoms with Crippen molar-refractivity contribution in [1.82, 2.24) is 26.1 Å². The van der Waals surface area contributed by atoms with Crippen LogP contribution in [0.3, 0.4) is 0 Å². The summed E-state index contributed by atoms with van der Waals surface area (Å²) in [6.45, 7) is 0. The van der Waals surface area contributed by atoms with Gasteiger partial charge in [-0.05, 0) is 12.1 Å². The van der Waals surface area contributed by atoms with Crippen molar-refractivity contribution in [3.63, 3.8) is 0 Å². The molecule has 1 saturated heterocycles. The molecule has 114 valence electrons. The molecule has 2 aromatic rings. The van der Waals surface area contributed by atoms with Crippen LogP contribution in [0.15, 0.2) is 36.8 Å². The molecule has 0 aliphatic carbocycles. The van der Waals surface area contributed by atoms with Crippen molar-refractivity contribution in [3.8, 4) is 0 Å². The zero-order chi connectivity index (χ0) is 15.5. The quantitative estimate of drug-likeness (QED) is 0.790. The number of amides is 1. The Morgan fingerprint density at radius 1 is 1.23 bits per heavy atom. The lowest BCUT2D eigenvalue weighted by Crippen LogP contribution is -2.44. The first-order chi connectivity index (χ1) is 10.6. The average molecular weight is 305 g/mol. The molecular formula is C14H13F2N5O. The molecule has 1 aliphatic rings. The van der Waals surface area contributed by atoms with E-state index < -0.39 is 29.7 Å². The van der Waals surface area contributed by atoms with E-state index in [2.05, 4.69) is 26.1 Å². The molecule has 0 bridgehead atoms. The Morgan fingerprint density at radius 2 is 2.00 bits per heavy atom. The van der Waals surface area contributed by atoms with Crippen molar-refractivity contribution in [2.75, 3.05) is 0 Å². The number of carbonyl (C=O) groups is 1. The summed E-state index contributed by atoms with van der Waals surface area (Å²) < 4.78 is 27.5. The highest BCUT2D eigenvalue weighted by atomic mass is 19.1. The summed E-state index contributed by atoms with van der Waals surface area (Å²) in [5.41, 5.74) is 5.70. The van der Waals surface area contributed by atoms with Crippen LogP contribution >= 0.6 is 0 Å². The molecule has 1 aromatic heterocycles. The van der Waals surface area contributed by atoms with Crippen LogP contribution in [-0.4, -0.2) is 22.0 Å². The molecule has 0 saturated carbocycles. The molecule has 1 fully saturated rings. The highest BCUT2D eigenvalue weighted by Gasteiger charge is 2.30. The molecule has 22 heavy (non-hydrogen) atoms. The summed E-state index contributed by atoms with van der Waals surface area (Å²) in [6, 6.07) is 3.13. The smallest absolute Gasteiger partial charge is 0.272 e. The molecule has 1 aromatic carbocycles. The predicted octanol–water partition coefficient (Wildman–Crippen LogP) is 1.05. The molecular weight excluding hydrogens is 292 g/mol. The van der Waals surface area contributed by atoms with Gasteiger partial charge in [-0.15, -0.1) is 0 Å². The second-order valence-corrected chi connectivity index (χ2v) is 4.83. The normalized spacial score (nSPS) is 20.8. The zero-order valence-electron chi connectivity index (χ0n) is 11.4. The Hall–Kier alpha value is -2.45. The minimum atomic E-state index is -0.625. The maximum Gasteiger partial charge on any atom is 0.272 e. The monoisotopic (exact) mass is 305 g/mol.